The van der Waals surface area contributed by atoms with Crippen LogP contribution in [0.3, 0.4) is 0 Å². The summed E-state index contributed by atoms with van der Waals surface area (Å²) in [4.78, 5) is 7.08. The van der Waals surface area contributed by atoms with Gasteiger partial charge in [-0.25, -0.2) is 4.98 Å². The van der Waals surface area contributed by atoms with Gasteiger partial charge in [-0.1, -0.05) is 35.3 Å². The molecule has 0 spiro atoms. The normalized spacial score (nSPS) is 15.9. The Morgan fingerprint density at radius 1 is 1.08 bits per heavy atom. The van der Waals surface area contributed by atoms with Gasteiger partial charge in [0.2, 0.25) is 5.95 Å². The summed E-state index contributed by atoms with van der Waals surface area (Å²) in [6.07, 6.45) is 1.32. The van der Waals surface area contributed by atoms with E-state index >= 15 is 0 Å². The maximum atomic E-state index is 9.80. The van der Waals surface area contributed by atoms with E-state index in [0.717, 1.165) is 48.5 Å². The van der Waals surface area contributed by atoms with Gasteiger partial charge in [0, 0.05) is 23.1 Å². The smallest absolute Gasteiger partial charge is 0.206 e. The molecule has 25 heavy (non-hydrogen) atoms. The second kappa shape index (κ2) is 6.87. The van der Waals surface area contributed by atoms with Crippen molar-refractivity contribution >= 4 is 40.2 Å². The van der Waals surface area contributed by atoms with E-state index in [-0.39, 0.29) is 6.10 Å². The van der Waals surface area contributed by atoms with Crippen LogP contribution in [0.15, 0.2) is 42.5 Å². The molecule has 0 amide bonds. The number of aromatic nitrogens is 2. The molecule has 130 valence electrons. The van der Waals surface area contributed by atoms with Crippen molar-refractivity contribution in [1.82, 2.24) is 9.55 Å². The first-order valence-electron chi connectivity index (χ1n) is 8.44. The van der Waals surface area contributed by atoms with Crippen molar-refractivity contribution in [3.05, 3.63) is 58.1 Å². The molecule has 1 N–H and O–H groups in total. The number of anilines is 1. The molecule has 1 fully saturated rings. The van der Waals surface area contributed by atoms with Gasteiger partial charge in [-0.3, -0.25) is 0 Å². The van der Waals surface area contributed by atoms with Crippen molar-refractivity contribution in [3.63, 3.8) is 0 Å². The highest BCUT2D eigenvalue weighted by Gasteiger charge is 2.23. The molecule has 1 aliphatic heterocycles. The zero-order valence-corrected chi connectivity index (χ0v) is 15.2. The summed E-state index contributed by atoms with van der Waals surface area (Å²) >= 11 is 12.5. The van der Waals surface area contributed by atoms with Crippen LogP contribution in [0, 0.1) is 0 Å². The minimum atomic E-state index is -0.212. The maximum absolute atomic E-state index is 9.80. The SMILES string of the molecule is OC1CCN(c2nc3ccccc3n2Cc2cc(Cl)ccc2Cl)CC1. The Kier molecular flexibility index (Phi) is 4.59. The molecule has 2 heterocycles. The molecular weight excluding hydrogens is 357 g/mol. The van der Waals surface area contributed by atoms with Crippen LogP contribution >= 0.6 is 23.2 Å². The van der Waals surface area contributed by atoms with E-state index in [2.05, 4.69) is 15.5 Å². The molecule has 0 atom stereocenters. The standard InChI is InChI=1S/C19H19Cl2N3O/c20-14-5-6-16(21)13(11-14)12-24-18-4-2-1-3-17(18)22-19(24)23-9-7-15(25)8-10-23/h1-6,11,15,25H,7-10,12H2. The average molecular weight is 376 g/mol. The predicted molar refractivity (Wildman–Crippen MR) is 103 cm³/mol. The van der Waals surface area contributed by atoms with Crippen molar-refractivity contribution in [3.8, 4) is 0 Å². The van der Waals surface area contributed by atoms with E-state index in [4.69, 9.17) is 28.2 Å². The number of rotatable bonds is 3. The highest BCUT2D eigenvalue weighted by atomic mass is 35.5. The summed E-state index contributed by atoms with van der Waals surface area (Å²) in [6.45, 7) is 2.20. The molecule has 0 unspecified atom stereocenters. The van der Waals surface area contributed by atoms with Gasteiger partial charge in [-0.05, 0) is 48.7 Å². The summed E-state index contributed by atoms with van der Waals surface area (Å²) in [6, 6.07) is 13.6. The number of piperidine rings is 1. The molecule has 1 aromatic heterocycles. The fourth-order valence-corrected chi connectivity index (χ4v) is 3.73. The molecule has 1 aliphatic rings. The van der Waals surface area contributed by atoms with Crippen LogP contribution < -0.4 is 4.90 Å². The Morgan fingerprint density at radius 3 is 2.64 bits per heavy atom. The highest BCUT2D eigenvalue weighted by molar-refractivity contribution is 6.33. The molecular formula is C19H19Cl2N3O. The Bertz CT molecular complexity index is 901. The Labute approximate surface area is 156 Å². The number of aliphatic hydroxyl groups is 1. The largest absolute Gasteiger partial charge is 0.393 e. The lowest BCUT2D eigenvalue weighted by molar-refractivity contribution is 0.145. The molecule has 0 radical (unpaired) electrons. The summed E-state index contributed by atoms with van der Waals surface area (Å²) in [5.74, 6) is 0.921. The first-order chi connectivity index (χ1) is 12.1. The van der Waals surface area contributed by atoms with Gasteiger partial charge < -0.3 is 14.6 Å². The van der Waals surface area contributed by atoms with Gasteiger partial charge in [0.15, 0.2) is 0 Å². The van der Waals surface area contributed by atoms with E-state index in [0.29, 0.717) is 16.6 Å². The molecule has 0 bridgehead atoms. The van der Waals surface area contributed by atoms with E-state index in [9.17, 15) is 5.11 Å². The summed E-state index contributed by atoms with van der Waals surface area (Å²) < 4.78 is 2.19. The number of hydrogen-bond acceptors (Lipinski definition) is 3. The quantitative estimate of drug-likeness (QED) is 0.739. The number of imidazole rings is 1. The maximum Gasteiger partial charge on any atom is 0.206 e. The van der Waals surface area contributed by atoms with Gasteiger partial charge in [0.05, 0.1) is 23.7 Å². The molecule has 0 aliphatic carbocycles. The molecule has 3 aromatic rings. The number of halogens is 2. The number of hydrogen-bond donors (Lipinski definition) is 1. The summed E-state index contributed by atoms with van der Waals surface area (Å²) in [5.41, 5.74) is 3.00. The molecule has 0 saturated carbocycles. The van der Waals surface area contributed by atoms with Crippen LogP contribution in [0.5, 0.6) is 0 Å². The van der Waals surface area contributed by atoms with Crippen LogP contribution in [0.2, 0.25) is 10.0 Å². The van der Waals surface area contributed by atoms with Crippen molar-refractivity contribution in [1.29, 1.82) is 0 Å². The van der Waals surface area contributed by atoms with E-state index in [1.165, 1.54) is 0 Å². The van der Waals surface area contributed by atoms with Gasteiger partial charge in [0.25, 0.3) is 0 Å². The lowest BCUT2D eigenvalue weighted by Gasteiger charge is -2.31. The lowest BCUT2D eigenvalue weighted by Crippen LogP contribution is -2.37. The van der Waals surface area contributed by atoms with Crippen LogP contribution in [0.1, 0.15) is 18.4 Å². The predicted octanol–water partition coefficient (Wildman–Crippen LogP) is 4.35. The van der Waals surface area contributed by atoms with E-state index in [1.807, 2.05) is 30.3 Å². The van der Waals surface area contributed by atoms with Crippen LogP contribution in [0.25, 0.3) is 11.0 Å². The van der Waals surface area contributed by atoms with E-state index in [1.54, 1.807) is 6.07 Å². The second-order valence-electron chi connectivity index (χ2n) is 6.44. The van der Waals surface area contributed by atoms with Gasteiger partial charge in [-0.2, -0.15) is 0 Å². The van der Waals surface area contributed by atoms with Gasteiger partial charge in [-0.15, -0.1) is 0 Å². The molecule has 2 aromatic carbocycles. The van der Waals surface area contributed by atoms with Crippen molar-refractivity contribution in [2.45, 2.75) is 25.5 Å². The second-order valence-corrected chi connectivity index (χ2v) is 7.28. The number of fused-ring (bicyclic) bond motifs is 1. The topological polar surface area (TPSA) is 41.3 Å². The number of para-hydroxylation sites is 2. The van der Waals surface area contributed by atoms with Crippen LogP contribution in [-0.2, 0) is 6.54 Å². The molecule has 1 saturated heterocycles. The lowest BCUT2D eigenvalue weighted by atomic mass is 10.1. The Balaban J connectivity index is 1.78. The Morgan fingerprint density at radius 2 is 1.84 bits per heavy atom. The fraction of sp³-hybridized carbons (Fsp3) is 0.316. The third-order valence-corrected chi connectivity index (χ3v) is 5.32. The summed E-state index contributed by atoms with van der Waals surface area (Å²) in [7, 11) is 0. The van der Waals surface area contributed by atoms with Gasteiger partial charge >= 0.3 is 0 Å². The monoisotopic (exact) mass is 375 g/mol. The minimum absolute atomic E-state index is 0.212. The third kappa shape index (κ3) is 3.34. The first-order valence-corrected chi connectivity index (χ1v) is 9.19. The molecule has 6 heteroatoms. The zero-order chi connectivity index (χ0) is 17.4. The van der Waals surface area contributed by atoms with Crippen molar-refractivity contribution in [2.24, 2.45) is 0 Å². The number of aliphatic hydroxyl groups excluding tert-OH is 1. The molecule has 4 rings (SSSR count). The zero-order valence-electron chi connectivity index (χ0n) is 13.7. The summed E-state index contributed by atoms with van der Waals surface area (Å²) in [5, 5.41) is 11.2. The van der Waals surface area contributed by atoms with E-state index < -0.39 is 0 Å². The molecule has 4 nitrogen and oxygen atoms in total. The average Bonchev–Trinajstić information content (AvgIpc) is 2.97. The minimum Gasteiger partial charge on any atom is -0.393 e. The highest BCUT2D eigenvalue weighted by Crippen LogP contribution is 2.29. The fourth-order valence-electron chi connectivity index (χ4n) is 3.36. The first kappa shape index (κ1) is 16.7. The van der Waals surface area contributed by atoms with Crippen molar-refractivity contribution in [2.75, 3.05) is 18.0 Å². The Hall–Kier alpha value is -1.75. The van der Waals surface area contributed by atoms with Crippen LogP contribution in [-0.4, -0.2) is 33.9 Å². The van der Waals surface area contributed by atoms with Crippen LogP contribution in [0.4, 0.5) is 5.95 Å². The third-order valence-electron chi connectivity index (χ3n) is 4.72. The van der Waals surface area contributed by atoms with Crippen molar-refractivity contribution < 1.29 is 5.11 Å². The number of nitrogens with zero attached hydrogens (tertiary/aromatic N) is 3. The number of benzene rings is 2. The van der Waals surface area contributed by atoms with Gasteiger partial charge in [0.1, 0.15) is 0 Å².